The number of hydrogen-bond donors (Lipinski definition) is 1. The van der Waals surface area contributed by atoms with Crippen LogP contribution in [-0.4, -0.2) is 11.9 Å². The van der Waals surface area contributed by atoms with Crippen LogP contribution in [0.25, 0.3) is 0 Å². The van der Waals surface area contributed by atoms with Gasteiger partial charge in [0.05, 0.1) is 6.61 Å². The Bertz CT molecular complexity index is 547. The second-order valence-corrected chi connectivity index (χ2v) is 12.4. The highest BCUT2D eigenvalue weighted by molar-refractivity contribution is 5.09. The molecule has 1 N–H and O–H groups in total. The van der Waals surface area contributed by atoms with Gasteiger partial charge < -0.3 is 0 Å². The van der Waals surface area contributed by atoms with Crippen LogP contribution in [0.5, 0.6) is 0 Å². The van der Waals surface area contributed by atoms with E-state index in [9.17, 15) is 0 Å². The molecule has 29 heavy (non-hydrogen) atoms. The smallest absolute Gasteiger partial charge is 0.0845 e. The molecule has 0 radical (unpaired) electrons. The summed E-state index contributed by atoms with van der Waals surface area (Å²) in [7, 11) is 0. The molecule has 4 saturated carbocycles. The van der Waals surface area contributed by atoms with Gasteiger partial charge in [-0.1, -0.05) is 53.4 Å². The van der Waals surface area contributed by atoms with Gasteiger partial charge in [0.2, 0.25) is 0 Å². The van der Waals surface area contributed by atoms with Crippen LogP contribution in [0.15, 0.2) is 0 Å². The molecule has 0 bridgehead atoms. The molecule has 0 aromatic rings. The minimum atomic E-state index is 0.473. The van der Waals surface area contributed by atoms with Crippen molar-refractivity contribution in [2.75, 3.05) is 6.61 Å². The predicted molar refractivity (Wildman–Crippen MR) is 121 cm³/mol. The molecule has 2 unspecified atom stereocenters. The van der Waals surface area contributed by atoms with Crippen molar-refractivity contribution in [3.63, 3.8) is 0 Å². The molecular weight excluding hydrogens is 356 g/mol. The Balaban J connectivity index is 1.40. The summed E-state index contributed by atoms with van der Waals surface area (Å²) in [6, 6.07) is 0. The normalized spacial score (nSPS) is 46.4. The third-order valence-corrected chi connectivity index (χ3v) is 11.1. The van der Waals surface area contributed by atoms with Gasteiger partial charge >= 0.3 is 0 Å². The van der Waals surface area contributed by atoms with Gasteiger partial charge in [-0.15, -0.1) is 0 Å². The first-order chi connectivity index (χ1) is 13.9. The van der Waals surface area contributed by atoms with Crippen LogP contribution in [0, 0.1) is 52.3 Å². The van der Waals surface area contributed by atoms with E-state index in [-0.39, 0.29) is 0 Å². The lowest BCUT2D eigenvalue weighted by Gasteiger charge is -2.61. The van der Waals surface area contributed by atoms with Crippen molar-refractivity contribution < 1.29 is 10.1 Å². The van der Waals surface area contributed by atoms with Crippen molar-refractivity contribution in [2.45, 2.75) is 111 Å². The van der Waals surface area contributed by atoms with E-state index in [4.69, 9.17) is 5.26 Å². The minimum Gasteiger partial charge on any atom is -0.252 e. The summed E-state index contributed by atoms with van der Waals surface area (Å²) in [6.07, 6.45) is 19.0. The summed E-state index contributed by atoms with van der Waals surface area (Å²) in [5, 5.41) is 8.67. The van der Waals surface area contributed by atoms with E-state index in [1.54, 1.807) is 6.42 Å². The molecule has 0 amide bonds. The monoisotopic (exact) mass is 404 g/mol. The van der Waals surface area contributed by atoms with Gasteiger partial charge in [0.1, 0.15) is 0 Å². The SMILES string of the molecule is CC(CCC[C@@H](C)[C@H]1CC[C@H]2[C@@H]3CCC4CCCC[C@]4(C)[C@H]3CC[C@]12C)COO. The van der Waals surface area contributed by atoms with Gasteiger partial charge in [0.25, 0.3) is 0 Å². The average Bonchev–Trinajstić information content (AvgIpc) is 3.05. The Kier molecular flexibility index (Phi) is 6.72. The third kappa shape index (κ3) is 3.95. The zero-order valence-corrected chi connectivity index (χ0v) is 19.8. The standard InChI is InChI=1S/C27H48O2/c1-19(18-29-28)8-7-9-20(2)23-13-14-24-22-12-11-21-10-5-6-16-26(21,3)25(22)15-17-27(23,24)4/h19-25,28H,5-18H2,1-4H3/t19?,20-,21?,22+,23-,24+,25+,26+,27-/m1/s1. The fourth-order valence-corrected chi connectivity index (χ4v) is 9.47. The summed E-state index contributed by atoms with van der Waals surface area (Å²) < 4.78 is 0. The Morgan fingerprint density at radius 1 is 0.862 bits per heavy atom. The van der Waals surface area contributed by atoms with Gasteiger partial charge in [-0.05, 0) is 110 Å². The topological polar surface area (TPSA) is 29.5 Å². The molecule has 4 rings (SSSR count). The van der Waals surface area contributed by atoms with Gasteiger partial charge in [-0.2, -0.15) is 0 Å². The molecule has 0 heterocycles. The molecule has 0 spiro atoms. The maximum Gasteiger partial charge on any atom is 0.0845 e. The fraction of sp³-hybridized carbons (Fsp3) is 1.00. The summed E-state index contributed by atoms with van der Waals surface area (Å²) in [5.41, 5.74) is 1.29. The van der Waals surface area contributed by atoms with Crippen LogP contribution in [-0.2, 0) is 4.89 Å². The van der Waals surface area contributed by atoms with E-state index in [1.807, 2.05) is 0 Å². The molecular formula is C27H48O2. The summed E-state index contributed by atoms with van der Waals surface area (Å²) in [4.78, 5) is 4.34. The lowest BCUT2D eigenvalue weighted by atomic mass is 9.44. The summed E-state index contributed by atoms with van der Waals surface area (Å²) in [6.45, 7) is 10.6. The predicted octanol–water partition coefficient (Wildman–Crippen LogP) is 7.97. The van der Waals surface area contributed by atoms with E-state index >= 15 is 0 Å². The minimum absolute atomic E-state index is 0.473. The van der Waals surface area contributed by atoms with Gasteiger partial charge in [-0.3, -0.25) is 5.26 Å². The van der Waals surface area contributed by atoms with E-state index in [1.165, 1.54) is 77.0 Å². The molecule has 168 valence electrons. The summed E-state index contributed by atoms with van der Waals surface area (Å²) in [5.74, 6) is 6.39. The van der Waals surface area contributed by atoms with Crippen molar-refractivity contribution in [1.82, 2.24) is 0 Å². The van der Waals surface area contributed by atoms with Crippen LogP contribution >= 0.6 is 0 Å². The van der Waals surface area contributed by atoms with E-state index in [2.05, 4.69) is 32.6 Å². The van der Waals surface area contributed by atoms with Crippen molar-refractivity contribution in [2.24, 2.45) is 52.3 Å². The molecule has 0 aliphatic heterocycles. The van der Waals surface area contributed by atoms with E-state index in [0.29, 0.717) is 23.4 Å². The molecule has 9 atom stereocenters. The molecule has 4 aliphatic carbocycles. The molecule has 4 aliphatic rings. The second kappa shape index (κ2) is 8.81. The first kappa shape index (κ1) is 22.1. The Labute approximate surface area is 180 Å². The van der Waals surface area contributed by atoms with Gasteiger partial charge in [0.15, 0.2) is 0 Å². The lowest BCUT2D eigenvalue weighted by Crippen LogP contribution is -2.53. The van der Waals surface area contributed by atoms with Crippen molar-refractivity contribution in [3.05, 3.63) is 0 Å². The van der Waals surface area contributed by atoms with Crippen LogP contribution in [0.4, 0.5) is 0 Å². The number of hydrogen-bond acceptors (Lipinski definition) is 2. The Morgan fingerprint density at radius 2 is 1.66 bits per heavy atom. The molecule has 2 heteroatoms. The molecule has 0 saturated heterocycles. The Hall–Kier alpha value is -0.0800. The highest BCUT2D eigenvalue weighted by Gasteiger charge is 2.59. The van der Waals surface area contributed by atoms with Gasteiger partial charge in [-0.25, -0.2) is 4.89 Å². The number of rotatable bonds is 7. The van der Waals surface area contributed by atoms with E-state index in [0.717, 1.165) is 35.5 Å². The summed E-state index contributed by atoms with van der Waals surface area (Å²) >= 11 is 0. The maximum absolute atomic E-state index is 8.67. The van der Waals surface area contributed by atoms with Gasteiger partial charge in [0, 0.05) is 0 Å². The maximum atomic E-state index is 8.67. The molecule has 4 fully saturated rings. The second-order valence-electron chi connectivity index (χ2n) is 12.4. The van der Waals surface area contributed by atoms with Crippen molar-refractivity contribution in [3.8, 4) is 0 Å². The zero-order chi connectivity index (χ0) is 20.6. The fourth-order valence-electron chi connectivity index (χ4n) is 9.47. The molecule has 0 aromatic carbocycles. The van der Waals surface area contributed by atoms with Crippen LogP contribution in [0.3, 0.4) is 0 Å². The van der Waals surface area contributed by atoms with Crippen LogP contribution < -0.4 is 0 Å². The largest absolute Gasteiger partial charge is 0.252 e. The first-order valence-electron chi connectivity index (χ1n) is 13.2. The lowest BCUT2D eigenvalue weighted by molar-refractivity contribution is -0.250. The molecule has 2 nitrogen and oxygen atoms in total. The highest BCUT2D eigenvalue weighted by Crippen LogP contribution is 2.68. The number of fused-ring (bicyclic) bond motifs is 5. The average molecular weight is 405 g/mol. The van der Waals surface area contributed by atoms with Crippen molar-refractivity contribution >= 4 is 0 Å². The molecule has 0 aromatic heterocycles. The highest BCUT2D eigenvalue weighted by atomic mass is 17.1. The van der Waals surface area contributed by atoms with Crippen LogP contribution in [0.1, 0.15) is 111 Å². The third-order valence-electron chi connectivity index (χ3n) is 11.1. The Morgan fingerprint density at radius 3 is 2.45 bits per heavy atom. The quantitative estimate of drug-likeness (QED) is 0.344. The van der Waals surface area contributed by atoms with Crippen molar-refractivity contribution in [1.29, 1.82) is 0 Å². The zero-order valence-electron chi connectivity index (χ0n) is 19.8. The van der Waals surface area contributed by atoms with E-state index < -0.39 is 0 Å². The first-order valence-corrected chi connectivity index (χ1v) is 13.2. The van der Waals surface area contributed by atoms with Crippen LogP contribution in [0.2, 0.25) is 0 Å².